The lowest BCUT2D eigenvalue weighted by atomic mass is 10.00. The summed E-state index contributed by atoms with van der Waals surface area (Å²) in [6.07, 6.45) is -0.791. The summed E-state index contributed by atoms with van der Waals surface area (Å²) in [6.45, 7) is 7.12. The van der Waals surface area contributed by atoms with Crippen molar-refractivity contribution in [1.82, 2.24) is 0 Å². The standard InChI is InChI=1S/C12H18O3S/c1-8(11(14)15-12(2,3)4)10(13)9-5-6-16-7-9/h5-8,10,13H,1-4H3. The van der Waals surface area contributed by atoms with E-state index in [1.54, 1.807) is 6.92 Å². The molecule has 4 heteroatoms. The minimum absolute atomic E-state index is 0.369. The van der Waals surface area contributed by atoms with E-state index >= 15 is 0 Å². The zero-order chi connectivity index (χ0) is 12.3. The fraction of sp³-hybridized carbons (Fsp3) is 0.583. The first-order chi connectivity index (χ1) is 7.31. The van der Waals surface area contributed by atoms with Gasteiger partial charge >= 0.3 is 5.97 Å². The molecule has 0 bridgehead atoms. The third-order valence-corrected chi connectivity index (χ3v) is 2.84. The van der Waals surface area contributed by atoms with Gasteiger partial charge in [-0.25, -0.2) is 0 Å². The van der Waals surface area contributed by atoms with Gasteiger partial charge in [0.15, 0.2) is 0 Å². The molecule has 16 heavy (non-hydrogen) atoms. The summed E-state index contributed by atoms with van der Waals surface area (Å²) in [5, 5.41) is 13.7. The number of hydrogen-bond acceptors (Lipinski definition) is 4. The molecule has 0 amide bonds. The van der Waals surface area contributed by atoms with Gasteiger partial charge in [0.05, 0.1) is 12.0 Å². The third-order valence-electron chi connectivity index (χ3n) is 2.14. The molecule has 2 atom stereocenters. The van der Waals surface area contributed by atoms with Gasteiger partial charge in [-0.05, 0) is 50.1 Å². The minimum Gasteiger partial charge on any atom is -0.460 e. The number of carbonyl (C=O) groups excluding carboxylic acids is 1. The molecule has 0 saturated heterocycles. The van der Waals surface area contributed by atoms with Crippen molar-refractivity contribution in [3.63, 3.8) is 0 Å². The van der Waals surface area contributed by atoms with Gasteiger partial charge in [0.2, 0.25) is 0 Å². The van der Waals surface area contributed by atoms with Crippen molar-refractivity contribution in [2.24, 2.45) is 5.92 Å². The summed E-state index contributed by atoms with van der Waals surface area (Å²) in [4.78, 5) is 11.7. The van der Waals surface area contributed by atoms with Gasteiger partial charge in [-0.15, -0.1) is 0 Å². The molecule has 0 fully saturated rings. The Bertz CT molecular complexity index is 338. The number of ether oxygens (including phenoxy) is 1. The lowest BCUT2D eigenvalue weighted by Gasteiger charge is -2.24. The van der Waals surface area contributed by atoms with Crippen LogP contribution in [-0.2, 0) is 9.53 Å². The average molecular weight is 242 g/mol. The number of aliphatic hydroxyl groups is 1. The third kappa shape index (κ3) is 3.61. The number of hydrogen-bond donors (Lipinski definition) is 1. The van der Waals surface area contributed by atoms with Crippen LogP contribution >= 0.6 is 11.3 Å². The first kappa shape index (κ1) is 13.2. The van der Waals surface area contributed by atoms with E-state index in [0.29, 0.717) is 0 Å². The van der Waals surface area contributed by atoms with Crippen molar-refractivity contribution >= 4 is 17.3 Å². The number of esters is 1. The Morgan fingerprint density at radius 3 is 2.56 bits per heavy atom. The van der Waals surface area contributed by atoms with Crippen LogP contribution in [0.15, 0.2) is 16.8 Å². The van der Waals surface area contributed by atoms with Crippen LogP contribution in [0, 0.1) is 5.92 Å². The molecule has 1 N–H and O–H groups in total. The SMILES string of the molecule is CC(C(=O)OC(C)(C)C)C(O)c1ccsc1. The van der Waals surface area contributed by atoms with Crippen LogP contribution in [0.25, 0.3) is 0 Å². The number of aliphatic hydroxyl groups excluding tert-OH is 1. The molecular weight excluding hydrogens is 224 g/mol. The van der Waals surface area contributed by atoms with Crippen LogP contribution in [0.5, 0.6) is 0 Å². The van der Waals surface area contributed by atoms with E-state index in [2.05, 4.69) is 0 Å². The zero-order valence-corrected chi connectivity index (χ0v) is 10.9. The molecule has 1 heterocycles. The molecule has 0 saturated carbocycles. The zero-order valence-electron chi connectivity index (χ0n) is 10.1. The van der Waals surface area contributed by atoms with E-state index in [9.17, 15) is 9.90 Å². The Kier molecular flexibility index (Phi) is 4.10. The summed E-state index contributed by atoms with van der Waals surface area (Å²) in [5.41, 5.74) is 0.253. The van der Waals surface area contributed by atoms with Crippen LogP contribution in [0.3, 0.4) is 0 Å². The van der Waals surface area contributed by atoms with Gasteiger partial charge in [-0.3, -0.25) is 4.79 Å². The summed E-state index contributed by atoms with van der Waals surface area (Å²) < 4.78 is 5.22. The fourth-order valence-corrected chi connectivity index (χ4v) is 1.94. The van der Waals surface area contributed by atoms with E-state index in [1.807, 2.05) is 37.6 Å². The Labute approximate surface area is 100 Å². The van der Waals surface area contributed by atoms with Gasteiger partial charge in [0.25, 0.3) is 0 Å². The lowest BCUT2D eigenvalue weighted by Crippen LogP contribution is -2.30. The summed E-state index contributed by atoms with van der Waals surface area (Å²) in [5.74, 6) is -0.917. The van der Waals surface area contributed by atoms with Crippen LogP contribution in [-0.4, -0.2) is 16.7 Å². The molecule has 0 aromatic carbocycles. The average Bonchev–Trinajstić information content (AvgIpc) is 2.65. The summed E-state index contributed by atoms with van der Waals surface area (Å²) in [7, 11) is 0. The molecule has 2 unspecified atom stereocenters. The van der Waals surface area contributed by atoms with Gasteiger partial charge in [0, 0.05) is 0 Å². The van der Waals surface area contributed by atoms with Crippen molar-refractivity contribution in [3.05, 3.63) is 22.4 Å². The van der Waals surface area contributed by atoms with Crippen molar-refractivity contribution in [1.29, 1.82) is 0 Å². The quantitative estimate of drug-likeness (QED) is 0.829. The largest absolute Gasteiger partial charge is 0.460 e. The van der Waals surface area contributed by atoms with Gasteiger partial charge in [0.1, 0.15) is 5.60 Å². The fourth-order valence-electron chi connectivity index (χ4n) is 1.26. The highest BCUT2D eigenvalue weighted by Crippen LogP contribution is 2.26. The molecule has 0 aliphatic carbocycles. The van der Waals surface area contributed by atoms with Crippen molar-refractivity contribution < 1.29 is 14.6 Å². The van der Waals surface area contributed by atoms with Crippen molar-refractivity contribution in [3.8, 4) is 0 Å². The van der Waals surface area contributed by atoms with Crippen molar-refractivity contribution in [2.45, 2.75) is 39.4 Å². The van der Waals surface area contributed by atoms with E-state index < -0.39 is 17.6 Å². The molecule has 0 aliphatic rings. The number of thiophene rings is 1. The van der Waals surface area contributed by atoms with Crippen LogP contribution in [0.4, 0.5) is 0 Å². The Hall–Kier alpha value is -0.870. The number of carbonyl (C=O) groups is 1. The predicted molar refractivity (Wildman–Crippen MR) is 64.3 cm³/mol. The highest BCUT2D eigenvalue weighted by atomic mass is 32.1. The van der Waals surface area contributed by atoms with E-state index in [1.165, 1.54) is 11.3 Å². The topological polar surface area (TPSA) is 46.5 Å². The molecule has 1 aromatic heterocycles. The molecule has 0 aliphatic heterocycles. The van der Waals surface area contributed by atoms with Gasteiger partial charge in [-0.2, -0.15) is 11.3 Å². The van der Waals surface area contributed by atoms with E-state index in [-0.39, 0.29) is 5.97 Å². The second kappa shape index (κ2) is 4.97. The maximum Gasteiger partial charge on any atom is 0.312 e. The summed E-state index contributed by atoms with van der Waals surface area (Å²) >= 11 is 1.50. The predicted octanol–water partition coefficient (Wildman–Crippen LogP) is 2.76. The molecule has 1 aromatic rings. The summed E-state index contributed by atoms with van der Waals surface area (Å²) in [6, 6.07) is 1.82. The first-order valence-corrected chi connectivity index (χ1v) is 6.18. The Morgan fingerprint density at radius 1 is 1.50 bits per heavy atom. The van der Waals surface area contributed by atoms with Crippen molar-refractivity contribution in [2.75, 3.05) is 0 Å². The molecule has 0 radical (unpaired) electrons. The van der Waals surface area contributed by atoms with Crippen LogP contribution < -0.4 is 0 Å². The second-order valence-corrected chi connectivity index (χ2v) is 5.60. The molecule has 0 spiro atoms. The van der Waals surface area contributed by atoms with E-state index in [4.69, 9.17) is 4.74 Å². The Morgan fingerprint density at radius 2 is 2.12 bits per heavy atom. The highest BCUT2D eigenvalue weighted by Gasteiger charge is 2.28. The lowest BCUT2D eigenvalue weighted by molar-refractivity contribution is -0.163. The van der Waals surface area contributed by atoms with Crippen LogP contribution in [0.1, 0.15) is 39.4 Å². The molecule has 1 rings (SSSR count). The minimum atomic E-state index is -0.791. The van der Waals surface area contributed by atoms with Gasteiger partial charge in [-0.1, -0.05) is 0 Å². The maximum absolute atomic E-state index is 11.7. The highest BCUT2D eigenvalue weighted by molar-refractivity contribution is 7.07. The number of rotatable bonds is 3. The Balaban J connectivity index is 2.64. The molecular formula is C12H18O3S. The smallest absolute Gasteiger partial charge is 0.312 e. The second-order valence-electron chi connectivity index (χ2n) is 4.82. The molecule has 3 nitrogen and oxygen atoms in total. The maximum atomic E-state index is 11.7. The molecule has 90 valence electrons. The first-order valence-electron chi connectivity index (χ1n) is 5.24. The van der Waals surface area contributed by atoms with E-state index in [0.717, 1.165) is 5.56 Å². The monoisotopic (exact) mass is 242 g/mol. The van der Waals surface area contributed by atoms with Crippen LogP contribution in [0.2, 0.25) is 0 Å². The van der Waals surface area contributed by atoms with Gasteiger partial charge < -0.3 is 9.84 Å². The normalized spacial score (nSPS) is 15.6.